The van der Waals surface area contributed by atoms with Crippen LogP contribution in [0.2, 0.25) is 18.6 Å². The summed E-state index contributed by atoms with van der Waals surface area (Å²) in [5, 5.41) is 13.2. The lowest BCUT2D eigenvalue weighted by atomic mass is 9.82. The van der Waals surface area contributed by atoms with Crippen molar-refractivity contribution >= 4 is 37.5 Å². The summed E-state index contributed by atoms with van der Waals surface area (Å²) in [6.45, 7) is 5.42. The predicted octanol–water partition coefficient (Wildman–Crippen LogP) is 6.61. The molecule has 10 nitrogen and oxygen atoms in total. The first kappa shape index (κ1) is 37.3. The van der Waals surface area contributed by atoms with E-state index < -0.39 is 37.6 Å². The standard InChI is InChI=1S/C42H46FN3O7Si/c1-26-39(54(4,5)43)37(22-38(48)45-24-30-9-7-6-8-29(30)20-32(45)25-47)53-42(26)35-21-34(52-3)18-19-36(35)46(41(42)50)23-27-10-14-31(15-11-27)44-40(49)28-12-16-33(51-2)17-13-28/h6-19,21,26,32,37,39,47H,20,22-25H2,1-5H3,(H,44,49)/t26-,32-,37+,39-,42+/m0/s1. The van der Waals surface area contributed by atoms with Crippen molar-refractivity contribution < 1.29 is 37.8 Å². The molecule has 1 saturated heterocycles. The van der Waals surface area contributed by atoms with Gasteiger partial charge in [-0.15, -0.1) is 0 Å². The lowest BCUT2D eigenvalue weighted by molar-refractivity contribution is -0.151. The summed E-state index contributed by atoms with van der Waals surface area (Å²) in [4.78, 5) is 45.2. The Morgan fingerprint density at radius 2 is 1.63 bits per heavy atom. The van der Waals surface area contributed by atoms with E-state index in [9.17, 15) is 19.5 Å². The number of halogens is 1. The van der Waals surface area contributed by atoms with Crippen LogP contribution < -0.4 is 19.7 Å². The van der Waals surface area contributed by atoms with Crippen LogP contribution in [-0.2, 0) is 39.4 Å². The largest absolute Gasteiger partial charge is 0.497 e. The van der Waals surface area contributed by atoms with Gasteiger partial charge in [0.05, 0.1) is 51.6 Å². The van der Waals surface area contributed by atoms with Gasteiger partial charge in [0.2, 0.25) is 14.3 Å². The van der Waals surface area contributed by atoms with Gasteiger partial charge in [0.25, 0.3) is 11.8 Å². The predicted molar refractivity (Wildman–Crippen MR) is 206 cm³/mol. The van der Waals surface area contributed by atoms with E-state index in [2.05, 4.69) is 5.32 Å². The maximum atomic E-state index is 16.5. The fraction of sp³-hybridized carbons (Fsp3) is 0.357. The zero-order valence-corrected chi connectivity index (χ0v) is 32.2. The van der Waals surface area contributed by atoms with E-state index in [1.165, 1.54) is 0 Å². The number of hydrogen-bond donors (Lipinski definition) is 2. The number of ether oxygens (including phenoxy) is 3. The van der Waals surface area contributed by atoms with Crippen molar-refractivity contribution in [1.29, 1.82) is 0 Å². The number of methoxy groups -OCH3 is 2. The van der Waals surface area contributed by atoms with Crippen molar-refractivity contribution in [2.24, 2.45) is 5.92 Å². The molecule has 0 radical (unpaired) electrons. The van der Waals surface area contributed by atoms with Gasteiger partial charge >= 0.3 is 0 Å². The van der Waals surface area contributed by atoms with E-state index in [0.717, 1.165) is 16.7 Å². The second-order valence-electron chi connectivity index (χ2n) is 15.0. The number of carbonyl (C=O) groups is 3. The second-order valence-corrected chi connectivity index (χ2v) is 18.8. The molecule has 3 heterocycles. The van der Waals surface area contributed by atoms with Crippen LogP contribution in [0.3, 0.4) is 0 Å². The molecule has 4 aromatic carbocycles. The van der Waals surface area contributed by atoms with E-state index in [1.807, 2.05) is 49.4 Å². The minimum atomic E-state index is -3.55. The zero-order valence-electron chi connectivity index (χ0n) is 31.2. The highest BCUT2D eigenvalue weighted by molar-refractivity contribution is 6.72. The fourth-order valence-corrected chi connectivity index (χ4v) is 11.2. The summed E-state index contributed by atoms with van der Waals surface area (Å²) in [6, 6.07) is 26.9. The third-order valence-corrected chi connectivity index (χ3v) is 13.8. The van der Waals surface area contributed by atoms with Gasteiger partial charge in [0.15, 0.2) is 5.60 Å². The number of carbonyl (C=O) groups excluding carboxylic acids is 3. The van der Waals surface area contributed by atoms with Crippen LogP contribution in [0.25, 0.3) is 0 Å². The summed E-state index contributed by atoms with van der Waals surface area (Å²) in [6.07, 6.45) is -0.466. The van der Waals surface area contributed by atoms with Crippen molar-refractivity contribution in [2.45, 2.75) is 69.2 Å². The number of aliphatic hydroxyl groups is 1. The van der Waals surface area contributed by atoms with Gasteiger partial charge in [-0.3, -0.25) is 14.4 Å². The summed E-state index contributed by atoms with van der Waals surface area (Å²) in [5.74, 6) is -0.252. The van der Waals surface area contributed by atoms with Crippen LogP contribution in [-0.4, -0.2) is 69.1 Å². The van der Waals surface area contributed by atoms with E-state index in [0.29, 0.717) is 47.0 Å². The van der Waals surface area contributed by atoms with Crippen LogP contribution in [0.4, 0.5) is 15.5 Å². The number of aliphatic hydroxyl groups excluding tert-OH is 1. The second kappa shape index (κ2) is 14.7. The lowest BCUT2D eigenvalue weighted by Crippen LogP contribution is -2.48. The maximum Gasteiger partial charge on any atom is 0.264 e. The van der Waals surface area contributed by atoms with Crippen LogP contribution >= 0.6 is 0 Å². The quantitative estimate of drug-likeness (QED) is 0.138. The molecule has 282 valence electrons. The van der Waals surface area contributed by atoms with Crippen molar-refractivity contribution in [3.63, 3.8) is 0 Å². The highest BCUT2D eigenvalue weighted by atomic mass is 28.4. The minimum absolute atomic E-state index is 0.119. The highest BCUT2D eigenvalue weighted by Crippen LogP contribution is 2.60. The van der Waals surface area contributed by atoms with Gasteiger partial charge in [-0.1, -0.05) is 43.3 Å². The summed E-state index contributed by atoms with van der Waals surface area (Å²) in [7, 11) is -0.435. The molecule has 0 aliphatic carbocycles. The molecule has 7 rings (SSSR count). The molecule has 2 N–H and O–H groups in total. The topological polar surface area (TPSA) is 118 Å². The molecule has 4 aromatic rings. The van der Waals surface area contributed by atoms with Gasteiger partial charge in [-0.25, -0.2) is 0 Å². The van der Waals surface area contributed by atoms with Gasteiger partial charge in [-0.2, -0.15) is 0 Å². The molecule has 3 aliphatic rings. The Balaban J connectivity index is 1.16. The Bertz CT molecular complexity index is 2050. The molecule has 3 aliphatic heterocycles. The molecule has 3 amide bonds. The number of rotatable bonds is 10. The van der Waals surface area contributed by atoms with Gasteiger partial charge in [0, 0.05) is 34.8 Å². The Labute approximate surface area is 316 Å². The SMILES string of the molecule is COc1ccc(C(=O)Nc2ccc(CN3C(=O)[C@]4(O[C@H](CC(=O)N5Cc6ccccc6C[C@H]5CO)[C@@H]([Si](C)(C)F)[C@@H]4C)c4cc(OC)ccc43)cc2)cc1. The maximum absolute atomic E-state index is 16.5. The van der Waals surface area contributed by atoms with Crippen molar-refractivity contribution in [2.75, 3.05) is 31.0 Å². The van der Waals surface area contributed by atoms with Crippen LogP contribution in [0.1, 0.15) is 46.0 Å². The minimum Gasteiger partial charge on any atom is -0.497 e. The molecular weight excluding hydrogens is 706 g/mol. The van der Waals surface area contributed by atoms with Crippen molar-refractivity contribution in [3.05, 3.63) is 119 Å². The molecule has 0 unspecified atom stereocenters. The number of benzene rings is 4. The van der Waals surface area contributed by atoms with Crippen LogP contribution in [0.15, 0.2) is 91.0 Å². The number of nitrogens with one attached hydrogen (secondary N) is 1. The molecule has 0 aromatic heterocycles. The monoisotopic (exact) mass is 751 g/mol. The van der Waals surface area contributed by atoms with Gasteiger partial charge < -0.3 is 38.5 Å². The van der Waals surface area contributed by atoms with E-state index in [4.69, 9.17) is 14.2 Å². The zero-order chi connectivity index (χ0) is 38.4. The Kier molecular flexibility index (Phi) is 10.1. The third kappa shape index (κ3) is 6.67. The number of nitrogens with zero attached hydrogens (tertiary/aromatic N) is 2. The lowest BCUT2D eigenvalue weighted by Gasteiger charge is -2.37. The average molecular weight is 752 g/mol. The number of anilines is 2. The van der Waals surface area contributed by atoms with Crippen molar-refractivity contribution in [1.82, 2.24) is 4.90 Å². The molecular formula is C42H46FN3O7Si. The Hall–Kier alpha value is -5.04. The first-order valence-electron chi connectivity index (χ1n) is 18.3. The molecule has 54 heavy (non-hydrogen) atoms. The Morgan fingerprint density at radius 1 is 0.963 bits per heavy atom. The summed E-state index contributed by atoms with van der Waals surface area (Å²) >= 11 is 0. The molecule has 0 bridgehead atoms. The van der Waals surface area contributed by atoms with Crippen LogP contribution in [0.5, 0.6) is 11.5 Å². The average Bonchev–Trinajstić information content (AvgIpc) is 3.60. The molecule has 5 atom stereocenters. The first-order valence-corrected chi connectivity index (χ1v) is 21.2. The Morgan fingerprint density at radius 3 is 2.28 bits per heavy atom. The first-order chi connectivity index (χ1) is 25.9. The molecule has 1 fully saturated rings. The summed E-state index contributed by atoms with van der Waals surface area (Å²) in [5.41, 5.74) is 2.97. The highest BCUT2D eigenvalue weighted by Gasteiger charge is 2.67. The van der Waals surface area contributed by atoms with E-state index in [1.54, 1.807) is 85.6 Å². The van der Waals surface area contributed by atoms with Gasteiger partial charge in [-0.05, 0) is 90.8 Å². The number of hydrogen-bond acceptors (Lipinski definition) is 7. The van der Waals surface area contributed by atoms with E-state index >= 15 is 4.11 Å². The normalized spacial score (nSPS) is 23.3. The van der Waals surface area contributed by atoms with Gasteiger partial charge in [0.1, 0.15) is 11.5 Å². The summed E-state index contributed by atoms with van der Waals surface area (Å²) < 4.78 is 34.2. The molecule has 12 heteroatoms. The third-order valence-electron chi connectivity index (χ3n) is 11.3. The van der Waals surface area contributed by atoms with E-state index in [-0.39, 0.29) is 37.3 Å². The van der Waals surface area contributed by atoms with Crippen molar-refractivity contribution in [3.8, 4) is 11.5 Å². The number of fused-ring (bicyclic) bond motifs is 3. The fourth-order valence-electron chi connectivity index (χ4n) is 8.66. The molecule has 0 saturated carbocycles. The molecule has 1 spiro atoms. The van der Waals surface area contributed by atoms with Crippen LogP contribution in [0, 0.1) is 5.92 Å². The smallest absolute Gasteiger partial charge is 0.264 e. The number of amides is 3.